The molecule has 3 aromatic heterocycles. The van der Waals surface area contributed by atoms with Gasteiger partial charge in [0.05, 0.1) is 29.0 Å². The predicted molar refractivity (Wildman–Crippen MR) is 112 cm³/mol. The van der Waals surface area contributed by atoms with E-state index in [9.17, 15) is 24.5 Å². The van der Waals surface area contributed by atoms with Crippen LogP contribution in [0.1, 0.15) is 29.6 Å². The largest absolute Gasteiger partial charge is 0.465 e. The van der Waals surface area contributed by atoms with Crippen LogP contribution in [0.5, 0.6) is 0 Å². The lowest BCUT2D eigenvalue weighted by Crippen LogP contribution is -2.37. The lowest BCUT2D eigenvalue weighted by molar-refractivity contribution is -0.386. The lowest BCUT2D eigenvalue weighted by Gasteiger charge is -2.20. The molecule has 13 heteroatoms. The molecule has 1 amide bonds. The zero-order chi connectivity index (χ0) is 23.3. The Bertz CT molecular complexity index is 1190. The van der Waals surface area contributed by atoms with Gasteiger partial charge in [-0.2, -0.15) is 0 Å². The summed E-state index contributed by atoms with van der Waals surface area (Å²) in [5.74, 6) is -0.846. The summed E-state index contributed by atoms with van der Waals surface area (Å²) >= 11 is 1.43. The average molecular weight is 461 g/mol. The van der Waals surface area contributed by atoms with Crippen LogP contribution in [0, 0.1) is 10.1 Å². The minimum Gasteiger partial charge on any atom is -0.465 e. The second-order valence-corrected chi connectivity index (χ2v) is 7.54. The van der Waals surface area contributed by atoms with Gasteiger partial charge in [-0.05, 0) is 17.9 Å². The Morgan fingerprint density at radius 3 is 2.78 bits per heavy atom. The molecule has 0 N–H and O–H groups in total. The monoisotopic (exact) mass is 461 g/mol. The van der Waals surface area contributed by atoms with Gasteiger partial charge in [0.25, 0.3) is 5.89 Å². The molecule has 0 fully saturated rings. The maximum absolute atomic E-state index is 12.9. The molecule has 3 heterocycles. The molecule has 0 saturated heterocycles. The second kappa shape index (κ2) is 9.96. The maximum atomic E-state index is 12.9. The molecule has 0 atom stereocenters. The molecule has 0 aliphatic heterocycles. The average Bonchev–Trinajstić information content (AvgIpc) is 3.46. The van der Waals surface area contributed by atoms with Crippen LogP contribution in [0.25, 0.3) is 10.8 Å². The van der Waals surface area contributed by atoms with Crippen molar-refractivity contribution in [3.8, 4) is 10.8 Å². The first kappa shape index (κ1) is 22.8. The van der Waals surface area contributed by atoms with E-state index in [0.717, 1.165) is 28.8 Å². The number of esters is 1. The van der Waals surface area contributed by atoms with Gasteiger partial charge in [-0.25, -0.2) is 4.79 Å². The van der Waals surface area contributed by atoms with E-state index in [2.05, 4.69) is 14.9 Å². The molecule has 0 aromatic carbocycles. The van der Waals surface area contributed by atoms with Crippen molar-refractivity contribution in [3.05, 3.63) is 61.7 Å². The van der Waals surface area contributed by atoms with Crippen molar-refractivity contribution in [3.63, 3.8) is 0 Å². The number of carbonyl (C=O) groups is 2. The number of hydrogen-bond donors (Lipinski definition) is 0. The Morgan fingerprint density at radius 1 is 1.38 bits per heavy atom. The Kier molecular flexibility index (Phi) is 7.10. The van der Waals surface area contributed by atoms with E-state index < -0.39 is 34.6 Å². The summed E-state index contributed by atoms with van der Waals surface area (Å²) in [6, 6.07) is 4.49. The summed E-state index contributed by atoms with van der Waals surface area (Å²) in [4.78, 5) is 49.7. The molecule has 0 aliphatic rings. The first-order valence-corrected chi connectivity index (χ1v) is 10.3. The van der Waals surface area contributed by atoms with Gasteiger partial charge in [0.1, 0.15) is 6.54 Å². The standard InChI is InChI=1S/C19H19N5O7S/c1-3-6-22(10-15-20-21-17(31-15)14-5-4-7-32-14)16(25)11-23-9-12(19(27)30-2)8-13(18(23)26)24(28)29/h4-5,7-9H,3,6,10-11H2,1-2H3. The minimum atomic E-state index is -1.01. The molecule has 168 valence electrons. The molecule has 0 spiro atoms. The van der Waals surface area contributed by atoms with Gasteiger partial charge in [0.2, 0.25) is 11.8 Å². The van der Waals surface area contributed by atoms with Crippen LogP contribution in [0.3, 0.4) is 0 Å². The number of pyridine rings is 1. The summed E-state index contributed by atoms with van der Waals surface area (Å²) in [6.45, 7) is 1.66. The Labute approximate surface area is 185 Å². The van der Waals surface area contributed by atoms with E-state index in [1.807, 2.05) is 24.4 Å². The van der Waals surface area contributed by atoms with Gasteiger partial charge in [-0.1, -0.05) is 13.0 Å². The zero-order valence-electron chi connectivity index (χ0n) is 17.2. The molecule has 3 aromatic rings. The highest BCUT2D eigenvalue weighted by atomic mass is 32.1. The van der Waals surface area contributed by atoms with Crippen LogP contribution in [0.15, 0.2) is 39.0 Å². The summed E-state index contributed by atoms with van der Waals surface area (Å²) in [7, 11) is 1.10. The molecule has 3 rings (SSSR count). The third-order valence-corrected chi connectivity index (χ3v) is 5.22. The van der Waals surface area contributed by atoms with E-state index in [-0.39, 0.29) is 18.0 Å². The van der Waals surface area contributed by atoms with E-state index in [4.69, 9.17) is 4.42 Å². The lowest BCUT2D eigenvalue weighted by atomic mass is 10.2. The van der Waals surface area contributed by atoms with E-state index in [1.54, 1.807) is 0 Å². The topological polar surface area (TPSA) is 151 Å². The first-order chi connectivity index (χ1) is 15.3. The van der Waals surface area contributed by atoms with Gasteiger partial charge in [0, 0.05) is 18.8 Å². The van der Waals surface area contributed by atoms with Crippen molar-refractivity contribution >= 4 is 28.9 Å². The van der Waals surface area contributed by atoms with Crippen LogP contribution in [-0.2, 0) is 22.6 Å². The molecule has 0 radical (unpaired) electrons. The van der Waals surface area contributed by atoms with E-state index >= 15 is 0 Å². The molecule has 0 bridgehead atoms. The Balaban J connectivity index is 1.84. The normalized spacial score (nSPS) is 10.7. The third-order valence-electron chi connectivity index (χ3n) is 4.36. The number of nitrogens with zero attached hydrogens (tertiary/aromatic N) is 5. The number of amides is 1. The second-order valence-electron chi connectivity index (χ2n) is 6.59. The quantitative estimate of drug-likeness (QED) is 0.265. The number of aromatic nitrogens is 3. The number of methoxy groups -OCH3 is 1. The van der Waals surface area contributed by atoms with Crippen molar-refractivity contribution in [2.75, 3.05) is 13.7 Å². The number of hydrogen-bond acceptors (Lipinski definition) is 10. The molecule has 0 unspecified atom stereocenters. The van der Waals surface area contributed by atoms with Gasteiger partial charge in [0.15, 0.2) is 0 Å². The molecule has 12 nitrogen and oxygen atoms in total. The molecule has 0 aliphatic carbocycles. The van der Waals surface area contributed by atoms with E-state index in [1.165, 1.54) is 16.2 Å². The summed E-state index contributed by atoms with van der Waals surface area (Å²) in [5, 5.41) is 21.0. The summed E-state index contributed by atoms with van der Waals surface area (Å²) in [5.41, 5.74) is -2.06. The fourth-order valence-electron chi connectivity index (χ4n) is 2.89. The van der Waals surface area contributed by atoms with Crippen molar-refractivity contribution in [1.82, 2.24) is 19.7 Å². The molecule has 0 saturated carbocycles. The van der Waals surface area contributed by atoms with Gasteiger partial charge >= 0.3 is 17.2 Å². The first-order valence-electron chi connectivity index (χ1n) is 9.45. The van der Waals surface area contributed by atoms with Crippen molar-refractivity contribution < 1.29 is 23.7 Å². The number of nitro groups is 1. The van der Waals surface area contributed by atoms with Crippen molar-refractivity contribution in [1.29, 1.82) is 0 Å². The smallest absolute Gasteiger partial charge is 0.339 e. The van der Waals surface area contributed by atoms with Gasteiger partial charge < -0.3 is 14.1 Å². The maximum Gasteiger partial charge on any atom is 0.339 e. The Hall–Kier alpha value is -3.87. The fraction of sp³-hybridized carbons (Fsp3) is 0.316. The Morgan fingerprint density at radius 2 is 2.16 bits per heavy atom. The van der Waals surface area contributed by atoms with Crippen LogP contribution in [0.4, 0.5) is 5.69 Å². The van der Waals surface area contributed by atoms with Crippen LogP contribution < -0.4 is 5.56 Å². The third kappa shape index (κ3) is 5.06. The van der Waals surface area contributed by atoms with Gasteiger partial charge in [-0.15, -0.1) is 21.5 Å². The molecular formula is C19H19N5O7S. The zero-order valence-corrected chi connectivity index (χ0v) is 18.0. The van der Waals surface area contributed by atoms with E-state index in [0.29, 0.717) is 18.9 Å². The number of rotatable bonds is 9. The van der Waals surface area contributed by atoms with Crippen LogP contribution >= 0.6 is 11.3 Å². The van der Waals surface area contributed by atoms with Crippen LogP contribution in [0.2, 0.25) is 0 Å². The highest BCUT2D eigenvalue weighted by Crippen LogP contribution is 2.23. The number of carbonyl (C=O) groups excluding carboxylic acids is 2. The molecule has 32 heavy (non-hydrogen) atoms. The highest BCUT2D eigenvalue weighted by molar-refractivity contribution is 7.13. The van der Waals surface area contributed by atoms with Crippen molar-refractivity contribution in [2.24, 2.45) is 0 Å². The fourth-order valence-corrected chi connectivity index (χ4v) is 3.53. The van der Waals surface area contributed by atoms with Gasteiger partial charge in [-0.3, -0.25) is 24.3 Å². The molecular weight excluding hydrogens is 442 g/mol. The summed E-state index contributed by atoms with van der Waals surface area (Å²) in [6.07, 6.45) is 1.67. The number of thiophene rings is 1. The SMILES string of the molecule is CCCN(Cc1nnc(-c2cccs2)o1)C(=O)Cn1cc(C(=O)OC)cc([N+](=O)[O-])c1=O. The summed E-state index contributed by atoms with van der Waals surface area (Å²) < 4.78 is 11.0. The number of ether oxygens (including phenoxy) is 1. The minimum absolute atomic E-state index is 0.00140. The van der Waals surface area contributed by atoms with Crippen molar-refractivity contribution in [2.45, 2.75) is 26.4 Å². The van der Waals surface area contributed by atoms with Crippen LogP contribution in [-0.4, -0.2) is 50.1 Å². The predicted octanol–water partition coefficient (Wildman–Crippen LogP) is 2.09. The highest BCUT2D eigenvalue weighted by Gasteiger charge is 2.24.